The van der Waals surface area contributed by atoms with E-state index in [0.29, 0.717) is 50.8 Å². The Bertz CT molecular complexity index is 1250. The number of nitrogens with one attached hydrogen (secondary N) is 1. The summed E-state index contributed by atoms with van der Waals surface area (Å²) in [6, 6.07) is 13.8. The molecule has 1 aliphatic rings. The predicted molar refractivity (Wildman–Crippen MR) is 137 cm³/mol. The number of nitrogens with zero attached hydrogens (tertiary/aromatic N) is 2. The van der Waals surface area contributed by atoms with Gasteiger partial charge in [0.1, 0.15) is 23.7 Å². The van der Waals surface area contributed by atoms with Crippen LogP contribution in [0.5, 0.6) is 5.75 Å². The Morgan fingerprint density at radius 2 is 2.11 bits per heavy atom. The smallest absolute Gasteiger partial charge is 0.407 e. The Morgan fingerprint density at radius 1 is 1.25 bits per heavy atom. The number of rotatable bonds is 10. The zero-order valence-corrected chi connectivity index (χ0v) is 21.1. The largest absolute Gasteiger partial charge is 0.494 e. The van der Waals surface area contributed by atoms with Gasteiger partial charge in [0.2, 0.25) is 0 Å². The van der Waals surface area contributed by atoms with Crippen molar-refractivity contribution < 1.29 is 19.1 Å². The van der Waals surface area contributed by atoms with Gasteiger partial charge in [-0.3, -0.25) is 9.78 Å². The van der Waals surface area contributed by atoms with Crippen LogP contribution in [-0.2, 0) is 41.8 Å². The summed E-state index contributed by atoms with van der Waals surface area (Å²) in [7, 11) is 0. The van der Waals surface area contributed by atoms with Crippen LogP contribution >= 0.6 is 11.3 Å². The maximum Gasteiger partial charge on any atom is 0.407 e. The first-order chi connectivity index (χ1) is 17.6. The fourth-order valence-electron chi connectivity index (χ4n) is 4.39. The molecule has 2 aromatic heterocycles. The normalized spacial score (nSPS) is 14.4. The van der Waals surface area contributed by atoms with Gasteiger partial charge in [0.15, 0.2) is 0 Å². The first-order valence-electron chi connectivity index (χ1n) is 12.2. The topological polar surface area (TPSA) is 101 Å². The van der Waals surface area contributed by atoms with Crippen LogP contribution in [0.25, 0.3) is 0 Å². The molecule has 0 saturated carbocycles. The summed E-state index contributed by atoms with van der Waals surface area (Å²) >= 11 is 1.50. The van der Waals surface area contributed by atoms with Gasteiger partial charge in [-0.1, -0.05) is 24.3 Å². The third-order valence-electron chi connectivity index (χ3n) is 6.14. The van der Waals surface area contributed by atoms with E-state index in [1.54, 1.807) is 12.4 Å². The Morgan fingerprint density at radius 3 is 2.89 bits per heavy atom. The number of alkyl carbamates (subject to hydrolysis) is 1. The number of ketones is 1. The first-order valence-corrected chi connectivity index (χ1v) is 13.0. The molecular weight excluding hydrogens is 474 g/mol. The molecule has 1 unspecified atom stereocenters. The number of nitriles is 1. The van der Waals surface area contributed by atoms with E-state index >= 15 is 0 Å². The number of thiophene rings is 1. The molecule has 2 heterocycles. The lowest BCUT2D eigenvalue weighted by molar-refractivity contribution is -0.118. The number of pyridine rings is 1. The van der Waals surface area contributed by atoms with Crippen LogP contribution in [0.2, 0.25) is 0 Å². The molecule has 0 fully saturated rings. The molecule has 0 saturated heterocycles. The van der Waals surface area contributed by atoms with Gasteiger partial charge in [-0.2, -0.15) is 5.26 Å². The fraction of sp³-hybridized carbons (Fsp3) is 0.357. The molecule has 0 radical (unpaired) electrons. The summed E-state index contributed by atoms with van der Waals surface area (Å²) in [6.07, 6.45) is 5.77. The maximum atomic E-state index is 12.8. The minimum atomic E-state index is -0.466. The third kappa shape index (κ3) is 6.49. The summed E-state index contributed by atoms with van der Waals surface area (Å²) in [6.45, 7) is 2.87. The van der Waals surface area contributed by atoms with E-state index in [-0.39, 0.29) is 18.3 Å². The maximum absolute atomic E-state index is 12.8. The zero-order valence-electron chi connectivity index (χ0n) is 20.3. The number of hydrogen-bond acceptors (Lipinski definition) is 7. The van der Waals surface area contributed by atoms with Gasteiger partial charge in [0.25, 0.3) is 0 Å². The van der Waals surface area contributed by atoms with E-state index in [2.05, 4.69) is 16.4 Å². The molecule has 186 valence electrons. The summed E-state index contributed by atoms with van der Waals surface area (Å²) in [5.74, 6) is 0.909. The van der Waals surface area contributed by atoms with Crippen molar-refractivity contribution in [2.24, 2.45) is 0 Å². The number of aryl methyl sites for hydroxylation is 1. The highest BCUT2D eigenvalue weighted by Gasteiger charge is 2.28. The van der Waals surface area contributed by atoms with Crippen LogP contribution in [0.4, 0.5) is 4.79 Å². The molecule has 7 nitrogen and oxygen atoms in total. The number of carbonyl (C=O) groups is 2. The second kappa shape index (κ2) is 12.3. The zero-order chi connectivity index (χ0) is 25.3. The third-order valence-corrected chi connectivity index (χ3v) is 7.40. The lowest BCUT2D eigenvalue weighted by Gasteiger charge is -2.22. The van der Waals surface area contributed by atoms with Crippen molar-refractivity contribution >= 4 is 23.2 Å². The Labute approximate surface area is 215 Å². The molecule has 0 spiro atoms. The van der Waals surface area contributed by atoms with E-state index in [1.807, 2.05) is 43.3 Å². The van der Waals surface area contributed by atoms with Crippen LogP contribution in [0.3, 0.4) is 0 Å². The van der Waals surface area contributed by atoms with Crippen LogP contribution in [0, 0.1) is 11.3 Å². The van der Waals surface area contributed by atoms with Gasteiger partial charge < -0.3 is 14.8 Å². The lowest BCUT2D eigenvalue weighted by Crippen LogP contribution is -2.31. The van der Waals surface area contributed by atoms with Gasteiger partial charge in [-0.15, -0.1) is 11.3 Å². The lowest BCUT2D eigenvalue weighted by atomic mass is 9.92. The molecule has 1 atom stereocenters. The number of aromatic nitrogens is 1. The SMILES string of the molecule is CCOc1ccccc1CCC(=O)Cc1sc2c(c1C#N)CCC(OC(=O)NCc1cccnc1)C2. The van der Waals surface area contributed by atoms with Gasteiger partial charge in [0, 0.05) is 48.0 Å². The van der Waals surface area contributed by atoms with Crippen LogP contribution in [0.1, 0.15) is 51.8 Å². The number of ether oxygens (including phenoxy) is 2. The van der Waals surface area contributed by atoms with Crippen LogP contribution < -0.4 is 10.1 Å². The van der Waals surface area contributed by atoms with Gasteiger partial charge >= 0.3 is 6.09 Å². The minimum Gasteiger partial charge on any atom is -0.494 e. The number of hydrogen-bond donors (Lipinski definition) is 1. The average Bonchev–Trinajstić information content (AvgIpc) is 3.23. The van der Waals surface area contributed by atoms with Crippen molar-refractivity contribution in [3.63, 3.8) is 0 Å². The number of Topliss-reactive ketones (excluding diaryl/α,β-unsaturated/α-hetero) is 1. The van der Waals surface area contributed by atoms with E-state index in [0.717, 1.165) is 32.2 Å². The Kier molecular flexibility index (Phi) is 8.69. The van der Waals surface area contributed by atoms with Crippen molar-refractivity contribution in [2.45, 2.75) is 58.1 Å². The number of carbonyl (C=O) groups excluding carboxylic acids is 2. The molecule has 1 aliphatic carbocycles. The molecule has 0 aliphatic heterocycles. The predicted octanol–water partition coefficient (Wildman–Crippen LogP) is 4.94. The molecular formula is C28H29N3O4S. The van der Waals surface area contributed by atoms with Crippen molar-refractivity contribution in [1.82, 2.24) is 10.3 Å². The Hall–Kier alpha value is -3.70. The van der Waals surface area contributed by atoms with Gasteiger partial charge in [-0.05, 0) is 55.0 Å². The molecule has 36 heavy (non-hydrogen) atoms. The quantitative estimate of drug-likeness (QED) is 0.420. The first kappa shape index (κ1) is 25.4. The highest BCUT2D eigenvalue weighted by atomic mass is 32.1. The highest BCUT2D eigenvalue weighted by Crippen LogP contribution is 2.35. The number of benzene rings is 1. The standard InChI is InChI=1S/C28H29N3O4S/c1-2-34-25-8-4-3-7-20(25)9-10-21(32)14-26-24(16-29)23-12-11-22(15-27(23)36-26)35-28(33)31-18-19-6-5-13-30-17-19/h3-8,13,17,22H,2,9-12,14-15,18H2,1H3,(H,31,33). The monoisotopic (exact) mass is 503 g/mol. The van der Waals surface area contributed by atoms with E-state index in [9.17, 15) is 14.9 Å². The van der Waals surface area contributed by atoms with Crippen LogP contribution in [0.15, 0.2) is 48.8 Å². The summed E-state index contributed by atoms with van der Waals surface area (Å²) in [4.78, 5) is 31.0. The molecule has 1 N–H and O–H groups in total. The summed E-state index contributed by atoms with van der Waals surface area (Å²) in [5.41, 5.74) is 3.54. The number of amides is 1. The van der Waals surface area contributed by atoms with Crippen molar-refractivity contribution in [3.05, 3.63) is 80.8 Å². The highest BCUT2D eigenvalue weighted by molar-refractivity contribution is 7.12. The molecule has 1 aromatic carbocycles. The van der Waals surface area contributed by atoms with E-state index < -0.39 is 6.09 Å². The fourth-order valence-corrected chi connectivity index (χ4v) is 5.78. The Balaban J connectivity index is 1.33. The molecule has 3 aromatic rings. The average molecular weight is 504 g/mol. The van der Waals surface area contributed by atoms with Gasteiger partial charge in [-0.25, -0.2) is 4.79 Å². The van der Waals surface area contributed by atoms with Gasteiger partial charge in [0.05, 0.1) is 12.2 Å². The van der Waals surface area contributed by atoms with Crippen molar-refractivity contribution in [2.75, 3.05) is 6.61 Å². The second-order valence-electron chi connectivity index (χ2n) is 8.65. The van der Waals surface area contributed by atoms with E-state index in [4.69, 9.17) is 9.47 Å². The molecule has 8 heteroatoms. The molecule has 1 amide bonds. The number of fused-ring (bicyclic) bond motifs is 1. The molecule has 4 rings (SSSR count). The second-order valence-corrected chi connectivity index (χ2v) is 9.84. The summed E-state index contributed by atoms with van der Waals surface area (Å²) < 4.78 is 11.3. The van der Waals surface area contributed by atoms with Crippen molar-refractivity contribution in [3.8, 4) is 11.8 Å². The van der Waals surface area contributed by atoms with Crippen molar-refractivity contribution in [1.29, 1.82) is 5.26 Å². The minimum absolute atomic E-state index is 0.0963. The number of para-hydroxylation sites is 1. The van der Waals surface area contributed by atoms with Crippen LogP contribution in [-0.4, -0.2) is 29.6 Å². The van der Waals surface area contributed by atoms with E-state index in [1.165, 1.54) is 11.3 Å². The molecule has 0 bridgehead atoms. The summed E-state index contributed by atoms with van der Waals surface area (Å²) in [5, 5.41) is 12.6.